The molecule has 3 rings (SSSR count). The van der Waals surface area contributed by atoms with E-state index >= 15 is 0 Å². The Kier molecular flexibility index (Phi) is 3.21. The maximum atomic E-state index is 5.94. The van der Waals surface area contributed by atoms with Gasteiger partial charge in [0.05, 0.1) is 12.4 Å². The SMILES string of the molecule is CN1[C@@H]2CC[C@H]1C[C@H](Oc1cnc(I)cn1)C2. The smallest absolute Gasteiger partial charge is 0.232 e. The van der Waals surface area contributed by atoms with Crippen LogP contribution >= 0.6 is 22.6 Å². The predicted molar refractivity (Wildman–Crippen MR) is 73.0 cm³/mol. The van der Waals surface area contributed by atoms with Crippen LogP contribution in [0.3, 0.4) is 0 Å². The lowest BCUT2D eigenvalue weighted by Gasteiger charge is -2.35. The van der Waals surface area contributed by atoms with Gasteiger partial charge in [0.25, 0.3) is 0 Å². The van der Waals surface area contributed by atoms with Crippen LogP contribution in [0.15, 0.2) is 12.4 Å². The zero-order valence-electron chi connectivity index (χ0n) is 9.84. The molecule has 0 amide bonds. The van der Waals surface area contributed by atoms with Crippen molar-refractivity contribution >= 4 is 22.6 Å². The van der Waals surface area contributed by atoms with E-state index in [0.29, 0.717) is 24.1 Å². The van der Waals surface area contributed by atoms with E-state index in [1.165, 1.54) is 12.8 Å². The first-order chi connectivity index (χ1) is 8.22. The van der Waals surface area contributed by atoms with Crippen molar-refractivity contribution in [3.05, 3.63) is 16.1 Å². The maximum absolute atomic E-state index is 5.94. The number of hydrogen-bond acceptors (Lipinski definition) is 4. The summed E-state index contributed by atoms with van der Waals surface area (Å²) in [5.41, 5.74) is 0. The zero-order chi connectivity index (χ0) is 11.8. The van der Waals surface area contributed by atoms with Crippen molar-refractivity contribution in [3.8, 4) is 5.88 Å². The lowest BCUT2D eigenvalue weighted by atomic mass is 10.0. The number of ether oxygens (including phenoxy) is 1. The van der Waals surface area contributed by atoms with Gasteiger partial charge in [0, 0.05) is 12.1 Å². The topological polar surface area (TPSA) is 38.2 Å². The summed E-state index contributed by atoms with van der Waals surface area (Å²) in [6, 6.07) is 1.41. The number of halogens is 1. The van der Waals surface area contributed by atoms with Crippen LogP contribution in [0.4, 0.5) is 0 Å². The predicted octanol–water partition coefficient (Wildman–Crippen LogP) is 2.09. The van der Waals surface area contributed by atoms with Gasteiger partial charge in [0.2, 0.25) is 5.88 Å². The number of piperidine rings is 1. The molecule has 0 radical (unpaired) electrons. The van der Waals surface area contributed by atoms with Crippen LogP contribution in [0, 0.1) is 3.70 Å². The first-order valence-electron chi connectivity index (χ1n) is 6.08. The fraction of sp³-hybridized carbons (Fsp3) is 0.667. The highest BCUT2D eigenvalue weighted by atomic mass is 127. The number of rotatable bonds is 2. The summed E-state index contributed by atoms with van der Waals surface area (Å²) in [6.45, 7) is 0. The second-order valence-corrected chi connectivity index (χ2v) is 6.04. The summed E-state index contributed by atoms with van der Waals surface area (Å²) < 4.78 is 6.84. The minimum atomic E-state index is 0.318. The Labute approximate surface area is 115 Å². The van der Waals surface area contributed by atoms with Crippen molar-refractivity contribution in [3.63, 3.8) is 0 Å². The second kappa shape index (κ2) is 4.68. The monoisotopic (exact) mass is 345 g/mol. The van der Waals surface area contributed by atoms with Crippen molar-refractivity contribution in [1.82, 2.24) is 14.9 Å². The fourth-order valence-corrected chi connectivity index (χ4v) is 3.27. The third kappa shape index (κ3) is 2.40. The molecule has 0 saturated carbocycles. The van der Waals surface area contributed by atoms with E-state index in [-0.39, 0.29) is 0 Å². The Morgan fingerprint density at radius 2 is 1.94 bits per heavy atom. The summed E-state index contributed by atoms with van der Waals surface area (Å²) in [4.78, 5) is 11.0. The van der Waals surface area contributed by atoms with Gasteiger partial charge in [-0.15, -0.1) is 0 Å². The summed E-state index contributed by atoms with van der Waals surface area (Å²) in [6.07, 6.45) is 8.68. The van der Waals surface area contributed by atoms with Gasteiger partial charge in [-0.05, 0) is 55.3 Å². The van der Waals surface area contributed by atoms with Crippen LogP contribution in [0.5, 0.6) is 5.88 Å². The lowest BCUT2D eigenvalue weighted by molar-refractivity contribution is 0.0629. The Bertz CT molecular complexity index is 383. The van der Waals surface area contributed by atoms with Gasteiger partial charge in [-0.3, -0.25) is 0 Å². The molecular weight excluding hydrogens is 329 g/mol. The molecule has 0 aliphatic carbocycles. The van der Waals surface area contributed by atoms with Crippen LogP contribution in [0.1, 0.15) is 25.7 Å². The van der Waals surface area contributed by atoms with Crippen molar-refractivity contribution in [2.45, 2.75) is 43.9 Å². The lowest BCUT2D eigenvalue weighted by Crippen LogP contribution is -2.43. The van der Waals surface area contributed by atoms with Gasteiger partial charge in [-0.2, -0.15) is 0 Å². The number of aromatic nitrogens is 2. The molecule has 0 unspecified atom stereocenters. The molecule has 1 aromatic heterocycles. The fourth-order valence-electron chi connectivity index (χ4n) is 2.99. The summed E-state index contributed by atoms with van der Waals surface area (Å²) in [5.74, 6) is 0.666. The molecule has 0 spiro atoms. The Balaban J connectivity index is 1.65. The third-order valence-corrected chi connectivity index (χ3v) is 4.50. The number of fused-ring (bicyclic) bond motifs is 2. The second-order valence-electron chi connectivity index (χ2n) is 4.94. The van der Waals surface area contributed by atoms with Crippen molar-refractivity contribution < 1.29 is 4.74 Å². The average molecular weight is 345 g/mol. The molecule has 92 valence electrons. The van der Waals surface area contributed by atoms with Crippen LogP contribution in [-0.4, -0.2) is 40.1 Å². The van der Waals surface area contributed by atoms with Crippen molar-refractivity contribution in [2.24, 2.45) is 0 Å². The largest absolute Gasteiger partial charge is 0.473 e. The van der Waals surface area contributed by atoms with Crippen molar-refractivity contribution in [2.75, 3.05) is 7.05 Å². The standard InChI is InChI=1S/C12H16IN3O/c1-16-8-2-3-9(16)5-10(4-8)17-12-7-14-11(13)6-15-12/h6-10H,2-5H2,1H3/t8-,9+,10-. The molecular formula is C12H16IN3O. The first-order valence-corrected chi connectivity index (χ1v) is 7.16. The average Bonchev–Trinajstić information content (AvgIpc) is 2.55. The van der Waals surface area contributed by atoms with Crippen LogP contribution < -0.4 is 4.74 Å². The molecule has 2 aliphatic heterocycles. The van der Waals surface area contributed by atoms with E-state index in [4.69, 9.17) is 4.74 Å². The van der Waals surface area contributed by atoms with Gasteiger partial charge < -0.3 is 9.64 Å². The summed E-state index contributed by atoms with van der Waals surface area (Å²) in [5, 5.41) is 0. The van der Waals surface area contributed by atoms with Crippen LogP contribution in [-0.2, 0) is 0 Å². The molecule has 2 bridgehead atoms. The van der Waals surface area contributed by atoms with E-state index < -0.39 is 0 Å². The quantitative estimate of drug-likeness (QED) is 0.770. The van der Waals surface area contributed by atoms with Crippen molar-refractivity contribution in [1.29, 1.82) is 0 Å². The maximum Gasteiger partial charge on any atom is 0.232 e. The number of hydrogen-bond donors (Lipinski definition) is 0. The highest BCUT2D eigenvalue weighted by Gasteiger charge is 2.39. The van der Waals surface area contributed by atoms with Gasteiger partial charge in [0.15, 0.2) is 0 Å². The Hall–Kier alpha value is -0.430. The number of nitrogens with zero attached hydrogens (tertiary/aromatic N) is 3. The Morgan fingerprint density at radius 3 is 2.53 bits per heavy atom. The van der Waals surface area contributed by atoms with E-state index in [1.807, 2.05) is 0 Å². The van der Waals surface area contributed by atoms with Crippen LogP contribution in [0.25, 0.3) is 0 Å². The summed E-state index contributed by atoms with van der Waals surface area (Å²) in [7, 11) is 2.24. The van der Waals surface area contributed by atoms with E-state index in [2.05, 4.69) is 44.5 Å². The van der Waals surface area contributed by atoms with Gasteiger partial charge in [-0.1, -0.05) is 0 Å². The minimum Gasteiger partial charge on any atom is -0.473 e. The molecule has 5 heteroatoms. The minimum absolute atomic E-state index is 0.318. The molecule has 1 aromatic rings. The van der Waals surface area contributed by atoms with Gasteiger partial charge >= 0.3 is 0 Å². The van der Waals surface area contributed by atoms with E-state index in [1.54, 1.807) is 12.4 Å². The molecule has 4 nitrogen and oxygen atoms in total. The highest BCUT2D eigenvalue weighted by molar-refractivity contribution is 14.1. The van der Waals surface area contributed by atoms with Gasteiger partial charge in [-0.25, -0.2) is 9.97 Å². The molecule has 3 atom stereocenters. The van der Waals surface area contributed by atoms with Crippen LogP contribution in [0.2, 0.25) is 0 Å². The first kappa shape index (κ1) is 11.6. The molecule has 3 heterocycles. The third-order valence-electron chi connectivity index (χ3n) is 3.94. The van der Waals surface area contributed by atoms with E-state index in [0.717, 1.165) is 16.5 Å². The van der Waals surface area contributed by atoms with Gasteiger partial charge in [0.1, 0.15) is 9.80 Å². The molecule has 0 N–H and O–H groups in total. The van der Waals surface area contributed by atoms with E-state index in [9.17, 15) is 0 Å². The normalized spacial score (nSPS) is 32.7. The molecule has 0 aromatic carbocycles. The Morgan fingerprint density at radius 1 is 1.24 bits per heavy atom. The molecule has 2 fully saturated rings. The molecule has 2 aliphatic rings. The molecule has 17 heavy (non-hydrogen) atoms. The molecule has 2 saturated heterocycles. The highest BCUT2D eigenvalue weighted by Crippen LogP contribution is 2.35. The summed E-state index contributed by atoms with van der Waals surface area (Å²) >= 11 is 2.15. The zero-order valence-corrected chi connectivity index (χ0v) is 12.0.